The number of aryl methyl sites for hydroxylation is 1. The minimum absolute atomic E-state index is 0.113. The summed E-state index contributed by atoms with van der Waals surface area (Å²) in [7, 11) is 1.86. The number of rotatable bonds is 7. The highest BCUT2D eigenvalue weighted by Gasteiger charge is 2.30. The van der Waals surface area contributed by atoms with Crippen LogP contribution in [0.5, 0.6) is 0 Å². The first-order valence-electron chi connectivity index (χ1n) is 12.0. The van der Waals surface area contributed by atoms with E-state index in [1.54, 1.807) is 17.1 Å². The Bertz CT molecular complexity index is 1180. The average molecular weight is 461 g/mol. The van der Waals surface area contributed by atoms with Gasteiger partial charge in [-0.25, -0.2) is 9.97 Å². The third-order valence-electron chi connectivity index (χ3n) is 7.08. The Morgan fingerprint density at radius 3 is 2.56 bits per heavy atom. The predicted molar refractivity (Wildman–Crippen MR) is 134 cm³/mol. The first kappa shape index (κ1) is 22.2. The lowest BCUT2D eigenvalue weighted by Crippen LogP contribution is -2.50. The van der Waals surface area contributed by atoms with Crippen LogP contribution in [0.15, 0.2) is 36.7 Å². The number of benzene rings is 1. The van der Waals surface area contributed by atoms with Gasteiger partial charge < -0.3 is 21.3 Å². The lowest BCUT2D eigenvalue weighted by atomic mass is 9.97. The zero-order valence-corrected chi connectivity index (χ0v) is 20.0. The van der Waals surface area contributed by atoms with E-state index in [9.17, 15) is 4.79 Å². The Morgan fingerprint density at radius 2 is 1.91 bits per heavy atom. The van der Waals surface area contributed by atoms with Crippen LogP contribution in [-0.2, 0) is 7.05 Å². The number of hydrogen-bond donors (Lipinski definition) is 3. The quantitative estimate of drug-likeness (QED) is 0.492. The predicted octanol–water partition coefficient (Wildman–Crippen LogP) is 3.71. The van der Waals surface area contributed by atoms with Crippen LogP contribution in [0.1, 0.15) is 60.3 Å². The van der Waals surface area contributed by atoms with Crippen LogP contribution in [0.2, 0.25) is 0 Å². The molecule has 0 radical (unpaired) electrons. The van der Waals surface area contributed by atoms with E-state index in [1.165, 1.54) is 18.4 Å². The van der Waals surface area contributed by atoms with E-state index in [1.807, 2.05) is 14.0 Å². The first-order valence-corrected chi connectivity index (χ1v) is 12.0. The van der Waals surface area contributed by atoms with Crippen LogP contribution < -0.4 is 21.3 Å². The summed E-state index contributed by atoms with van der Waals surface area (Å²) in [6, 6.07) is 9.35. The highest BCUT2D eigenvalue weighted by molar-refractivity contribution is 5.96. The second-order valence-corrected chi connectivity index (χ2v) is 9.41. The monoisotopic (exact) mass is 460 g/mol. The summed E-state index contributed by atoms with van der Waals surface area (Å²) in [6.45, 7) is 5.02. The van der Waals surface area contributed by atoms with Crippen molar-refractivity contribution in [2.45, 2.75) is 57.5 Å². The van der Waals surface area contributed by atoms with E-state index in [4.69, 9.17) is 10.7 Å². The second-order valence-electron chi connectivity index (χ2n) is 9.41. The SMILES string of the molecule is Cc1c(Nc2nc(N3CCC[C@@H](Nc4ccc(C5CC5)cc4)[C@H]3C)cnc2C(N)=O)cnn1C. The number of nitrogens with zero attached hydrogens (tertiary/aromatic N) is 5. The molecule has 34 heavy (non-hydrogen) atoms. The number of carbonyl (C=O) groups is 1. The van der Waals surface area contributed by atoms with Gasteiger partial charge in [0.2, 0.25) is 0 Å². The van der Waals surface area contributed by atoms with Crippen molar-refractivity contribution in [3.63, 3.8) is 0 Å². The molecule has 0 spiro atoms. The standard InChI is InChI=1S/C25H32N8O/c1-15-21(13-28-32(15)3)30-25-23(24(26)34)27-14-22(31-25)33-12-4-5-20(16(33)2)29-19-10-8-18(9-11-19)17-6-7-17/h8-11,13-14,16-17,20,29H,4-7,12H2,1-3H3,(H2,26,34)(H,30,31)/t16-,20-/m1/s1. The molecule has 1 saturated carbocycles. The molecule has 0 bridgehead atoms. The molecule has 3 heterocycles. The van der Waals surface area contributed by atoms with Crippen molar-refractivity contribution < 1.29 is 4.79 Å². The molecule has 0 unspecified atom stereocenters. The largest absolute Gasteiger partial charge is 0.380 e. The number of carbonyl (C=O) groups excluding carboxylic acids is 1. The van der Waals surface area contributed by atoms with Crippen LogP contribution in [0.4, 0.5) is 23.0 Å². The van der Waals surface area contributed by atoms with E-state index < -0.39 is 5.91 Å². The molecule has 9 heteroatoms. The Morgan fingerprint density at radius 1 is 1.15 bits per heavy atom. The molecule has 1 saturated heterocycles. The first-order chi connectivity index (χ1) is 16.4. The van der Waals surface area contributed by atoms with Gasteiger partial charge in [-0.2, -0.15) is 5.10 Å². The Balaban J connectivity index is 1.36. The van der Waals surface area contributed by atoms with E-state index in [0.717, 1.165) is 48.2 Å². The smallest absolute Gasteiger partial charge is 0.271 e. The highest BCUT2D eigenvalue weighted by Crippen LogP contribution is 2.40. The number of amides is 1. The summed E-state index contributed by atoms with van der Waals surface area (Å²) in [6.07, 6.45) is 8.08. The van der Waals surface area contributed by atoms with Crippen LogP contribution >= 0.6 is 0 Å². The fourth-order valence-electron chi connectivity index (χ4n) is 4.68. The topological polar surface area (TPSA) is 114 Å². The van der Waals surface area contributed by atoms with E-state index >= 15 is 0 Å². The molecule has 178 valence electrons. The zero-order valence-electron chi connectivity index (χ0n) is 20.0. The summed E-state index contributed by atoms with van der Waals surface area (Å²) in [5.41, 5.74) is 9.97. The number of hydrogen-bond acceptors (Lipinski definition) is 7. The number of anilines is 4. The fourth-order valence-corrected chi connectivity index (χ4v) is 4.68. The number of nitrogens with one attached hydrogen (secondary N) is 2. The number of primary amides is 1. The van der Waals surface area contributed by atoms with Gasteiger partial charge in [-0.3, -0.25) is 9.48 Å². The maximum atomic E-state index is 12.0. The minimum Gasteiger partial charge on any atom is -0.380 e. The maximum Gasteiger partial charge on any atom is 0.271 e. The molecule has 2 fully saturated rings. The summed E-state index contributed by atoms with van der Waals surface area (Å²) in [4.78, 5) is 23.4. The zero-order chi connectivity index (χ0) is 23.8. The minimum atomic E-state index is -0.621. The maximum absolute atomic E-state index is 12.0. The lowest BCUT2D eigenvalue weighted by molar-refractivity contribution is 0.0996. The summed E-state index contributed by atoms with van der Waals surface area (Å²) >= 11 is 0. The normalized spacial score (nSPS) is 20.3. The fraction of sp³-hybridized carbons (Fsp3) is 0.440. The van der Waals surface area contributed by atoms with Crippen molar-refractivity contribution in [3.05, 3.63) is 53.6 Å². The third kappa shape index (κ3) is 4.42. The van der Waals surface area contributed by atoms with E-state index in [-0.39, 0.29) is 17.8 Å². The van der Waals surface area contributed by atoms with Gasteiger partial charge in [-0.05, 0) is 63.1 Å². The van der Waals surface area contributed by atoms with E-state index in [0.29, 0.717) is 5.82 Å². The molecule has 1 amide bonds. The molecule has 1 aromatic carbocycles. The van der Waals surface area contributed by atoms with Gasteiger partial charge in [-0.15, -0.1) is 0 Å². The van der Waals surface area contributed by atoms with Crippen molar-refractivity contribution in [1.29, 1.82) is 0 Å². The molecule has 2 aliphatic rings. The highest BCUT2D eigenvalue weighted by atomic mass is 16.1. The van der Waals surface area contributed by atoms with Crippen molar-refractivity contribution in [2.75, 3.05) is 22.1 Å². The van der Waals surface area contributed by atoms with Crippen LogP contribution in [0.3, 0.4) is 0 Å². The van der Waals surface area contributed by atoms with E-state index in [2.05, 4.69) is 56.8 Å². The number of piperidine rings is 1. The Kier molecular flexibility index (Phi) is 5.85. The van der Waals surface area contributed by atoms with Crippen molar-refractivity contribution in [1.82, 2.24) is 19.7 Å². The summed E-state index contributed by atoms with van der Waals surface area (Å²) in [5, 5.41) is 11.2. The number of aromatic nitrogens is 4. The van der Waals surface area contributed by atoms with Gasteiger partial charge >= 0.3 is 0 Å². The molecular formula is C25H32N8O. The van der Waals surface area contributed by atoms with Crippen LogP contribution in [-0.4, -0.2) is 44.3 Å². The van der Waals surface area contributed by atoms with Gasteiger partial charge in [0.25, 0.3) is 5.91 Å². The average Bonchev–Trinajstić information content (AvgIpc) is 3.63. The molecule has 1 aliphatic heterocycles. The molecule has 9 nitrogen and oxygen atoms in total. The molecule has 4 N–H and O–H groups in total. The Hall–Kier alpha value is -3.62. The van der Waals surface area contributed by atoms with Gasteiger partial charge in [0.05, 0.1) is 23.8 Å². The van der Waals surface area contributed by atoms with Crippen LogP contribution in [0.25, 0.3) is 0 Å². The van der Waals surface area contributed by atoms with Gasteiger partial charge in [-0.1, -0.05) is 12.1 Å². The summed E-state index contributed by atoms with van der Waals surface area (Å²) < 4.78 is 1.75. The lowest BCUT2D eigenvalue weighted by Gasteiger charge is -2.41. The van der Waals surface area contributed by atoms with Crippen molar-refractivity contribution >= 4 is 28.9 Å². The molecule has 5 rings (SSSR count). The van der Waals surface area contributed by atoms with Crippen molar-refractivity contribution in [2.24, 2.45) is 12.8 Å². The molecule has 2 atom stereocenters. The van der Waals surface area contributed by atoms with Crippen molar-refractivity contribution in [3.8, 4) is 0 Å². The molecule has 1 aliphatic carbocycles. The second kappa shape index (κ2) is 8.96. The van der Waals surface area contributed by atoms with Crippen LogP contribution in [0, 0.1) is 6.92 Å². The molecular weight excluding hydrogens is 428 g/mol. The third-order valence-corrected chi connectivity index (χ3v) is 7.08. The van der Waals surface area contributed by atoms with Gasteiger partial charge in [0.15, 0.2) is 11.5 Å². The summed E-state index contributed by atoms with van der Waals surface area (Å²) in [5.74, 6) is 1.21. The van der Waals surface area contributed by atoms with Gasteiger partial charge in [0.1, 0.15) is 5.82 Å². The number of nitrogens with two attached hydrogens (primary N) is 1. The van der Waals surface area contributed by atoms with Gasteiger partial charge in [0, 0.05) is 31.4 Å². The molecule has 2 aromatic heterocycles. The molecule has 3 aromatic rings. The Labute approximate surface area is 199 Å².